The Morgan fingerprint density at radius 3 is 1.88 bits per heavy atom. The quantitative estimate of drug-likeness (QED) is 0.171. The molecule has 1 aromatic rings. The van der Waals surface area contributed by atoms with E-state index in [2.05, 4.69) is 36.4 Å². The first-order chi connectivity index (χ1) is 12.0. The zero-order chi connectivity index (χ0) is 18.4. The number of unbranched alkanes of at least 4 members (excludes halogenated alkanes) is 9. The van der Waals surface area contributed by atoms with Gasteiger partial charge >= 0.3 is 6.00 Å². The van der Waals surface area contributed by atoms with Gasteiger partial charge in [-0.05, 0) is 24.8 Å². The van der Waals surface area contributed by atoms with Crippen molar-refractivity contribution in [1.82, 2.24) is 0 Å². The van der Waals surface area contributed by atoms with Crippen LogP contribution in [0, 0.1) is 0 Å². The summed E-state index contributed by atoms with van der Waals surface area (Å²) >= 11 is 17.0. The molecule has 25 heavy (non-hydrogen) atoms. The van der Waals surface area contributed by atoms with Crippen molar-refractivity contribution in [3.05, 3.63) is 42.0 Å². The van der Waals surface area contributed by atoms with E-state index in [0.717, 1.165) is 19.3 Å². The summed E-state index contributed by atoms with van der Waals surface area (Å²) in [6.07, 6.45) is 16.9. The third-order valence-corrected chi connectivity index (χ3v) is 6.98. The van der Waals surface area contributed by atoms with Gasteiger partial charge in [0.1, 0.15) is 0 Å². The molecule has 0 aliphatic rings. The molecule has 0 amide bonds. The lowest BCUT2D eigenvalue weighted by atomic mass is 10.1. The summed E-state index contributed by atoms with van der Waals surface area (Å²) in [6.45, 7) is 0. The molecule has 0 saturated heterocycles. The second-order valence-electron chi connectivity index (χ2n) is 6.45. The molecule has 0 unspecified atom stereocenters. The highest BCUT2D eigenvalue weighted by Crippen LogP contribution is 2.23. The van der Waals surface area contributed by atoms with E-state index >= 15 is 0 Å². The molecule has 0 heterocycles. The maximum atomic E-state index is 11.5. The standard InChI is InChI=1S/C20H29Cl3OSi/c21-25(22,23)20(24)18-14-9-7-5-3-1-2-4-6-8-11-15-19-16-12-10-13-17-19/h10-13,15-17H,1-9,14,18H2/b15-11+. The smallest absolute Gasteiger partial charge is 0.300 e. The highest BCUT2D eigenvalue weighted by atomic mass is 35.8. The van der Waals surface area contributed by atoms with E-state index in [1.807, 2.05) is 6.07 Å². The van der Waals surface area contributed by atoms with E-state index in [0.29, 0.717) is 6.42 Å². The van der Waals surface area contributed by atoms with Crippen molar-refractivity contribution < 1.29 is 4.79 Å². The molecular weight excluding hydrogens is 391 g/mol. The van der Waals surface area contributed by atoms with Gasteiger partial charge in [-0.3, -0.25) is 0 Å². The van der Waals surface area contributed by atoms with Crippen LogP contribution in [0.4, 0.5) is 0 Å². The topological polar surface area (TPSA) is 17.1 Å². The molecule has 0 bridgehead atoms. The van der Waals surface area contributed by atoms with Crippen LogP contribution in [0.1, 0.15) is 76.2 Å². The van der Waals surface area contributed by atoms with Crippen molar-refractivity contribution in [3.63, 3.8) is 0 Å². The minimum absolute atomic E-state index is 0.154. The van der Waals surface area contributed by atoms with Crippen LogP contribution in [0.3, 0.4) is 0 Å². The molecule has 1 rings (SSSR count). The Bertz CT molecular complexity index is 497. The van der Waals surface area contributed by atoms with E-state index in [1.54, 1.807) is 0 Å². The Kier molecular flexibility index (Phi) is 12.6. The van der Waals surface area contributed by atoms with Crippen LogP contribution >= 0.6 is 33.2 Å². The summed E-state index contributed by atoms with van der Waals surface area (Å²) in [6, 6.07) is 7.34. The third kappa shape index (κ3) is 12.7. The molecule has 0 aliphatic carbocycles. The van der Waals surface area contributed by atoms with Crippen LogP contribution in [0.15, 0.2) is 36.4 Å². The summed E-state index contributed by atoms with van der Waals surface area (Å²) in [5.41, 5.74) is 1.28. The minimum atomic E-state index is -3.11. The average molecular weight is 420 g/mol. The van der Waals surface area contributed by atoms with E-state index in [-0.39, 0.29) is 5.41 Å². The first kappa shape index (κ1) is 22.8. The van der Waals surface area contributed by atoms with Crippen molar-refractivity contribution in [3.8, 4) is 0 Å². The van der Waals surface area contributed by atoms with Crippen LogP contribution in [-0.2, 0) is 4.79 Å². The van der Waals surface area contributed by atoms with Crippen LogP contribution in [0.5, 0.6) is 0 Å². The number of allylic oxidation sites excluding steroid dienone is 1. The van der Waals surface area contributed by atoms with Gasteiger partial charge in [0.25, 0.3) is 0 Å². The minimum Gasteiger partial charge on any atom is -0.300 e. The second-order valence-corrected chi connectivity index (χ2v) is 14.9. The fourth-order valence-corrected chi connectivity index (χ4v) is 4.02. The highest BCUT2D eigenvalue weighted by molar-refractivity contribution is 7.75. The van der Waals surface area contributed by atoms with Crippen LogP contribution in [-0.4, -0.2) is 11.4 Å². The lowest BCUT2D eigenvalue weighted by Crippen LogP contribution is -2.24. The van der Waals surface area contributed by atoms with Crippen molar-refractivity contribution in [1.29, 1.82) is 0 Å². The first-order valence-corrected chi connectivity index (χ1v) is 14.4. The number of benzene rings is 1. The number of hydrogen-bond acceptors (Lipinski definition) is 1. The molecule has 140 valence electrons. The number of rotatable bonds is 14. The maximum Gasteiger partial charge on any atom is 0.410 e. The molecule has 0 atom stereocenters. The van der Waals surface area contributed by atoms with Gasteiger partial charge in [-0.1, -0.05) is 87.4 Å². The molecule has 1 nitrogen and oxygen atoms in total. The van der Waals surface area contributed by atoms with Crippen molar-refractivity contribution >= 4 is 50.7 Å². The molecule has 0 spiro atoms. The van der Waals surface area contributed by atoms with Gasteiger partial charge in [0.2, 0.25) is 0 Å². The molecular formula is C20H29Cl3OSi. The molecule has 5 heteroatoms. The Morgan fingerprint density at radius 2 is 1.32 bits per heavy atom. The molecule has 0 aliphatic heterocycles. The van der Waals surface area contributed by atoms with Crippen LogP contribution < -0.4 is 0 Å². The molecule has 0 aromatic heterocycles. The number of carbonyl (C=O) groups excluding carboxylic acids is 1. The maximum absolute atomic E-state index is 11.5. The van der Waals surface area contributed by atoms with Crippen molar-refractivity contribution in [2.24, 2.45) is 0 Å². The van der Waals surface area contributed by atoms with Gasteiger partial charge in [-0.2, -0.15) is 0 Å². The summed E-state index contributed by atoms with van der Waals surface area (Å²) in [7, 11) is 0. The van der Waals surface area contributed by atoms with E-state index in [4.69, 9.17) is 33.2 Å². The number of carbonyl (C=O) groups is 1. The monoisotopic (exact) mass is 418 g/mol. The largest absolute Gasteiger partial charge is 0.410 e. The fraction of sp³-hybridized carbons (Fsp3) is 0.550. The Hall–Kier alpha value is -0.283. The molecule has 0 fully saturated rings. The first-order valence-electron chi connectivity index (χ1n) is 9.32. The molecule has 1 aromatic carbocycles. The Balaban J connectivity index is 1.85. The molecule has 0 saturated carbocycles. The highest BCUT2D eigenvalue weighted by Gasteiger charge is 2.34. The van der Waals surface area contributed by atoms with Gasteiger partial charge in [0.15, 0.2) is 5.41 Å². The zero-order valence-electron chi connectivity index (χ0n) is 14.9. The van der Waals surface area contributed by atoms with Gasteiger partial charge in [-0.15, -0.1) is 33.2 Å². The fourth-order valence-electron chi connectivity index (χ4n) is 2.71. The van der Waals surface area contributed by atoms with E-state index < -0.39 is 6.00 Å². The third-order valence-electron chi connectivity index (χ3n) is 4.20. The predicted octanol–water partition coefficient (Wildman–Crippen LogP) is 7.75. The lowest BCUT2D eigenvalue weighted by Gasteiger charge is -2.06. The summed E-state index contributed by atoms with van der Waals surface area (Å²) < 4.78 is 0. The van der Waals surface area contributed by atoms with Gasteiger partial charge < -0.3 is 4.79 Å². The molecule has 0 N–H and O–H groups in total. The lowest BCUT2D eigenvalue weighted by molar-refractivity contribution is -0.112. The normalized spacial score (nSPS) is 12.0. The average Bonchev–Trinajstić information content (AvgIpc) is 2.58. The van der Waals surface area contributed by atoms with E-state index in [1.165, 1.54) is 50.5 Å². The Morgan fingerprint density at radius 1 is 0.800 bits per heavy atom. The predicted molar refractivity (Wildman–Crippen MR) is 115 cm³/mol. The van der Waals surface area contributed by atoms with Gasteiger partial charge in [0.05, 0.1) is 0 Å². The Labute approximate surface area is 167 Å². The second kappa shape index (κ2) is 13.9. The molecule has 0 radical (unpaired) electrons. The van der Waals surface area contributed by atoms with Gasteiger partial charge in [0, 0.05) is 6.42 Å². The van der Waals surface area contributed by atoms with E-state index in [9.17, 15) is 4.79 Å². The van der Waals surface area contributed by atoms with Crippen LogP contribution in [0.2, 0.25) is 0 Å². The van der Waals surface area contributed by atoms with Crippen molar-refractivity contribution in [2.75, 3.05) is 0 Å². The SMILES string of the molecule is O=C(CCCCCCCCCCC/C=C/c1ccccc1)[Si](Cl)(Cl)Cl. The zero-order valence-corrected chi connectivity index (χ0v) is 18.1. The number of hydrogen-bond donors (Lipinski definition) is 0. The van der Waals surface area contributed by atoms with Crippen LogP contribution in [0.25, 0.3) is 6.08 Å². The van der Waals surface area contributed by atoms with Crippen molar-refractivity contribution in [2.45, 2.75) is 70.6 Å². The summed E-state index contributed by atoms with van der Waals surface area (Å²) in [5, 5.41) is -0.154. The summed E-state index contributed by atoms with van der Waals surface area (Å²) in [4.78, 5) is 11.5. The summed E-state index contributed by atoms with van der Waals surface area (Å²) in [5.74, 6) is 0. The number of halogens is 3. The van der Waals surface area contributed by atoms with Gasteiger partial charge in [-0.25, -0.2) is 0 Å².